The highest BCUT2D eigenvalue weighted by Crippen LogP contribution is 2.12. The van der Waals surface area contributed by atoms with Crippen molar-refractivity contribution in [2.45, 2.75) is 18.6 Å². The monoisotopic (exact) mass is 197 g/mol. The number of nitriles is 1. The molecule has 2 unspecified atom stereocenters. The molecule has 74 valence electrons. The summed E-state index contributed by atoms with van der Waals surface area (Å²) in [5.41, 5.74) is 5.29. The van der Waals surface area contributed by atoms with Gasteiger partial charge >= 0.3 is 0 Å². The molecule has 0 fully saturated rings. The molecule has 3 N–H and O–H groups in total. The standard InChI is InChI=1S/C8H8FN3O2/c9-6-2-4(1-5(11)3-10)7(13)12-8(6)14/h2,5-6H,1,11H2,(H,12,13,14). The Hall–Kier alpha value is -1.74. The number of amides is 2. The highest BCUT2D eigenvalue weighted by atomic mass is 19.1. The summed E-state index contributed by atoms with van der Waals surface area (Å²) in [4.78, 5) is 21.7. The van der Waals surface area contributed by atoms with Crippen molar-refractivity contribution in [3.63, 3.8) is 0 Å². The quantitative estimate of drug-likeness (QED) is 0.563. The fraction of sp³-hybridized carbons (Fsp3) is 0.375. The molecule has 0 saturated heterocycles. The number of alkyl halides is 1. The second-order valence-electron chi connectivity index (χ2n) is 2.85. The van der Waals surface area contributed by atoms with Crippen LogP contribution in [0.4, 0.5) is 4.39 Å². The van der Waals surface area contributed by atoms with E-state index in [-0.39, 0.29) is 12.0 Å². The molecular weight excluding hydrogens is 189 g/mol. The van der Waals surface area contributed by atoms with E-state index in [1.807, 2.05) is 5.32 Å². The summed E-state index contributed by atoms with van der Waals surface area (Å²) in [5, 5.41) is 10.2. The fourth-order valence-electron chi connectivity index (χ4n) is 1.03. The van der Waals surface area contributed by atoms with E-state index in [0.717, 1.165) is 6.08 Å². The Morgan fingerprint density at radius 2 is 2.36 bits per heavy atom. The summed E-state index contributed by atoms with van der Waals surface area (Å²) in [6.07, 6.45) is -1.01. The van der Waals surface area contributed by atoms with E-state index in [1.165, 1.54) is 0 Å². The molecule has 14 heavy (non-hydrogen) atoms. The van der Waals surface area contributed by atoms with Gasteiger partial charge in [-0.25, -0.2) is 4.39 Å². The molecule has 0 aromatic rings. The number of carbonyl (C=O) groups is 2. The van der Waals surface area contributed by atoms with E-state index < -0.39 is 24.0 Å². The molecular formula is C8H8FN3O2. The number of imide groups is 1. The van der Waals surface area contributed by atoms with E-state index >= 15 is 0 Å². The lowest BCUT2D eigenvalue weighted by molar-refractivity contribution is -0.132. The summed E-state index contributed by atoms with van der Waals surface area (Å²) < 4.78 is 12.8. The zero-order chi connectivity index (χ0) is 10.7. The Balaban J connectivity index is 2.78. The lowest BCUT2D eigenvalue weighted by Gasteiger charge is -2.15. The van der Waals surface area contributed by atoms with Gasteiger partial charge in [-0.15, -0.1) is 0 Å². The summed E-state index contributed by atoms with van der Waals surface area (Å²) in [6, 6.07) is 0.840. The minimum atomic E-state index is -1.84. The van der Waals surface area contributed by atoms with Crippen LogP contribution < -0.4 is 11.1 Å². The van der Waals surface area contributed by atoms with Gasteiger partial charge in [-0.2, -0.15) is 5.26 Å². The van der Waals surface area contributed by atoms with Crippen molar-refractivity contribution in [2.24, 2.45) is 5.73 Å². The van der Waals surface area contributed by atoms with Crippen LogP contribution in [0.2, 0.25) is 0 Å². The average molecular weight is 197 g/mol. The zero-order valence-electron chi connectivity index (χ0n) is 7.16. The van der Waals surface area contributed by atoms with Crippen molar-refractivity contribution in [1.82, 2.24) is 5.32 Å². The Morgan fingerprint density at radius 1 is 1.71 bits per heavy atom. The maximum Gasteiger partial charge on any atom is 0.265 e. The molecule has 2 amide bonds. The molecule has 1 aliphatic heterocycles. The van der Waals surface area contributed by atoms with Gasteiger partial charge in [0.15, 0.2) is 6.17 Å². The van der Waals surface area contributed by atoms with Crippen LogP contribution in [0.15, 0.2) is 11.6 Å². The largest absolute Gasteiger partial charge is 0.316 e. The van der Waals surface area contributed by atoms with Gasteiger partial charge in [-0.05, 0) is 6.08 Å². The van der Waals surface area contributed by atoms with Crippen LogP contribution >= 0.6 is 0 Å². The van der Waals surface area contributed by atoms with Crippen LogP contribution in [0.3, 0.4) is 0 Å². The number of hydrogen-bond acceptors (Lipinski definition) is 4. The van der Waals surface area contributed by atoms with Gasteiger partial charge in [0.25, 0.3) is 11.8 Å². The van der Waals surface area contributed by atoms with Gasteiger partial charge in [0.1, 0.15) is 0 Å². The summed E-state index contributed by atoms with van der Waals surface area (Å²) in [6.45, 7) is 0. The van der Waals surface area contributed by atoms with Crippen LogP contribution in [-0.4, -0.2) is 24.0 Å². The summed E-state index contributed by atoms with van der Waals surface area (Å²) >= 11 is 0. The van der Waals surface area contributed by atoms with Crippen LogP contribution in [-0.2, 0) is 9.59 Å². The molecule has 0 bridgehead atoms. The van der Waals surface area contributed by atoms with Crippen molar-refractivity contribution in [3.8, 4) is 6.07 Å². The number of hydrogen-bond donors (Lipinski definition) is 2. The number of nitrogens with one attached hydrogen (secondary N) is 1. The lowest BCUT2D eigenvalue weighted by Crippen LogP contribution is -2.42. The third-order valence-electron chi connectivity index (χ3n) is 1.73. The van der Waals surface area contributed by atoms with Crippen molar-refractivity contribution >= 4 is 11.8 Å². The molecule has 2 atom stereocenters. The topological polar surface area (TPSA) is 96.0 Å². The van der Waals surface area contributed by atoms with Gasteiger partial charge in [0.2, 0.25) is 0 Å². The predicted molar refractivity (Wildman–Crippen MR) is 44.3 cm³/mol. The van der Waals surface area contributed by atoms with Crippen molar-refractivity contribution in [2.75, 3.05) is 0 Å². The van der Waals surface area contributed by atoms with Gasteiger partial charge in [0.05, 0.1) is 12.1 Å². The third-order valence-corrected chi connectivity index (χ3v) is 1.73. The molecule has 1 rings (SSSR count). The van der Waals surface area contributed by atoms with Crippen LogP contribution in [0.5, 0.6) is 0 Å². The highest BCUT2D eigenvalue weighted by molar-refractivity contribution is 6.09. The van der Waals surface area contributed by atoms with Crippen LogP contribution in [0, 0.1) is 11.3 Å². The number of rotatable bonds is 2. The molecule has 0 aromatic carbocycles. The molecule has 6 heteroatoms. The molecule has 1 heterocycles. The van der Waals surface area contributed by atoms with Gasteiger partial charge < -0.3 is 5.73 Å². The maximum atomic E-state index is 12.8. The first kappa shape index (κ1) is 10.3. The summed E-state index contributed by atoms with van der Waals surface area (Å²) in [7, 11) is 0. The van der Waals surface area contributed by atoms with E-state index in [4.69, 9.17) is 11.0 Å². The second-order valence-corrected chi connectivity index (χ2v) is 2.85. The molecule has 5 nitrogen and oxygen atoms in total. The summed E-state index contributed by atoms with van der Waals surface area (Å²) in [5.74, 6) is -1.67. The average Bonchev–Trinajstić information content (AvgIpc) is 2.14. The molecule has 0 saturated carbocycles. The van der Waals surface area contributed by atoms with E-state index in [9.17, 15) is 14.0 Å². The first-order valence-electron chi connectivity index (χ1n) is 3.89. The highest BCUT2D eigenvalue weighted by Gasteiger charge is 2.27. The SMILES string of the molecule is N#CC(N)CC1=CC(F)C(=O)NC1=O. The van der Waals surface area contributed by atoms with Crippen molar-refractivity contribution < 1.29 is 14.0 Å². The van der Waals surface area contributed by atoms with E-state index in [0.29, 0.717) is 0 Å². The fourth-order valence-corrected chi connectivity index (χ4v) is 1.03. The number of halogens is 1. The zero-order valence-corrected chi connectivity index (χ0v) is 7.16. The number of nitrogens with two attached hydrogens (primary N) is 1. The third kappa shape index (κ3) is 2.14. The van der Waals surface area contributed by atoms with Crippen molar-refractivity contribution in [3.05, 3.63) is 11.6 Å². The molecule has 0 spiro atoms. The molecule has 1 aliphatic rings. The first-order valence-corrected chi connectivity index (χ1v) is 3.89. The van der Waals surface area contributed by atoms with Gasteiger partial charge in [0, 0.05) is 12.0 Å². The lowest BCUT2D eigenvalue weighted by atomic mass is 10.0. The molecule has 0 radical (unpaired) electrons. The second kappa shape index (κ2) is 3.98. The predicted octanol–water partition coefficient (Wildman–Crippen LogP) is -0.852. The van der Waals surface area contributed by atoms with Crippen molar-refractivity contribution in [1.29, 1.82) is 5.26 Å². The minimum absolute atomic E-state index is 0.0335. The number of nitrogens with zero attached hydrogens (tertiary/aromatic N) is 1. The Bertz CT molecular complexity index is 345. The molecule has 0 aliphatic carbocycles. The molecule has 0 aromatic heterocycles. The van der Waals surface area contributed by atoms with Crippen LogP contribution in [0.1, 0.15) is 6.42 Å². The van der Waals surface area contributed by atoms with Crippen LogP contribution in [0.25, 0.3) is 0 Å². The smallest absolute Gasteiger partial charge is 0.265 e. The normalized spacial score (nSPS) is 23.5. The van der Waals surface area contributed by atoms with E-state index in [1.54, 1.807) is 6.07 Å². The van der Waals surface area contributed by atoms with E-state index in [2.05, 4.69) is 0 Å². The number of carbonyl (C=O) groups excluding carboxylic acids is 2. The minimum Gasteiger partial charge on any atom is -0.316 e. The Labute approximate surface area is 79.4 Å². The maximum absolute atomic E-state index is 12.8. The Kier molecular flexibility index (Phi) is 2.94. The van der Waals surface area contributed by atoms with Gasteiger partial charge in [-0.1, -0.05) is 0 Å². The Morgan fingerprint density at radius 3 is 2.93 bits per heavy atom. The first-order chi connectivity index (χ1) is 6.54. The van der Waals surface area contributed by atoms with Gasteiger partial charge in [-0.3, -0.25) is 14.9 Å².